The highest BCUT2D eigenvalue weighted by Crippen LogP contribution is 2.45. The highest BCUT2D eigenvalue weighted by atomic mass is 31.2. The van der Waals surface area contributed by atoms with Crippen LogP contribution >= 0.6 is 16.0 Å². The smallest absolute Gasteiger partial charge is 0.326 e. The molecule has 0 amide bonds. The van der Waals surface area contributed by atoms with Gasteiger partial charge in [0.2, 0.25) is 0 Å². The van der Waals surface area contributed by atoms with Crippen molar-refractivity contribution < 1.29 is 23.2 Å². The zero-order valence-corrected chi connectivity index (χ0v) is 7.45. The van der Waals surface area contributed by atoms with E-state index in [2.05, 4.69) is 10.9 Å². The van der Waals surface area contributed by atoms with Gasteiger partial charge in [-0.05, 0) is 0 Å². The van der Waals surface area contributed by atoms with E-state index in [0.29, 0.717) is 0 Å². The molecule has 3 N–H and O–H groups in total. The lowest BCUT2D eigenvalue weighted by atomic mass is 10.7. The predicted octanol–water partition coefficient (Wildman–Crippen LogP) is 0.261. The molecule has 66 valence electrons. The standard InChI is InChI=1S/C3H9NO5P2/c1-2-3-4-11(7,8)9-10(5)6/h2,10H,1,3H2,(H,5,6)(H2,4,7,8). The van der Waals surface area contributed by atoms with Crippen LogP contribution in [-0.2, 0) is 13.4 Å². The van der Waals surface area contributed by atoms with E-state index in [1.807, 2.05) is 5.09 Å². The second-order valence-electron chi connectivity index (χ2n) is 1.53. The zero-order valence-electron chi connectivity index (χ0n) is 5.56. The van der Waals surface area contributed by atoms with Crippen molar-refractivity contribution in [3.63, 3.8) is 0 Å². The van der Waals surface area contributed by atoms with E-state index in [1.165, 1.54) is 6.08 Å². The molecule has 0 bridgehead atoms. The summed E-state index contributed by atoms with van der Waals surface area (Å²) >= 11 is 0. The normalized spacial score (nSPS) is 18.7. The van der Waals surface area contributed by atoms with E-state index >= 15 is 0 Å². The Labute approximate surface area is 64.4 Å². The molecule has 0 fully saturated rings. The fourth-order valence-electron chi connectivity index (χ4n) is 0.318. The lowest BCUT2D eigenvalue weighted by Crippen LogP contribution is -2.09. The average Bonchev–Trinajstić information content (AvgIpc) is 1.81. The van der Waals surface area contributed by atoms with Crippen LogP contribution in [0.3, 0.4) is 0 Å². The van der Waals surface area contributed by atoms with E-state index in [-0.39, 0.29) is 6.54 Å². The minimum atomic E-state index is -4.10. The van der Waals surface area contributed by atoms with Gasteiger partial charge in [-0.15, -0.1) is 6.58 Å². The van der Waals surface area contributed by atoms with E-state index in [0.717, 1.165) is 0 Å². The van der Waals surface area contributed by atoms with Gasteiger partial charge in [0.1, 0.15) is 0 Å². The first-order valence-electron chi connectivity index (χ1n) is 2.59. The zero-order chi connectivity index (χ0) is 8.91. The third kappa shape index (κ3) is 6.44. The van der Waals surface area contributed by atoms with Gasteiger partial charge in [-0.25, -0.2) is 14.0 Å². The summed E-state index contributed by atoms with van der Waals surface area (Å²) in [6.07, 6.45) is 1.32. The van der Waals surface area contributed by atoms with Crippen LogP contribution in [0.25, 0.3) is 0 Å². The minimum Gasteiger partial charge on any atom is -0.326 e. The summed E-state index contributed by atoms with van der Waals surface area (Å²) in [5, 5.41) is 1.98. The molecule has 0 aliphatic heterocycles. The molecule has 0 spiro atoms. The van der Waals surface area contributed by atoms with Crippen LogP contribution in [0.1, 0.15) is 0 Å². The summed E-state index contributed by atoms with van der Waals surface area (Å²) in [6, 6.07) is 0. The molecule has 6 nitrogen and oxygen atoms in total. The number of hydrogen-bond donors (Lipinski definition) is 3. The summed E-state index contributed by atoms with van der Waals surface area (Å²) in [4.78, 5) is 16.8. The molecular formula is C3H9NO5P2. The fraction of sp³-hybridized carbons (Fsp3) is 0.333. The van der Waals surface area contributed by atoms with Crippen molar-refractivity contribution in [3.8, 4) is 0 Å². The Morgan fingerprint density at radius 2 is 2.36 bits per heavy atom. The summed E-state index contributed by atoms with van der Waals surface area (Å²) < 4.78 is 24.4. The maximum Gasteiger partial charge on any atom is 0.410 e. The lowest BCUT2D eigenvalue weighted by molar-refractivity contribution is 0.341. The third-order valence-electron chi connectivity index (χ3n) is 0.637. The number of hydrogen-bond acceptors (Lipinski definition) is 3. The molecule has 0 aromatic heterocycles. The second-order valence-corrected chi connectivity index (χ2v) is 4.15. The first-order chi connectivity index (χ1) is 4.98. The van der Waals surface area contributed by atoms with Gasteiger partial charge in [-0.1, -0.05) is 6.08 Å². The van der Waals surface area contributed by atoms with E-state index in [4.69, 9.17) is 9.79 Å². The van der Waals surface area contributed by atoms with Crippen molar-refractivity contribution >= 4 is 16.0 Å². The van der Waals surface area contributed by atoms with Gasteiger partial charge in [0.05, 0.1) is 0 Å². The van der Waals surface area contributed by atoms with Crippen molar-refractivity contribution in [2.45, 2.75) is 0 Å². The monoisotopic (exact) mass is 201 g/mol. The van der Waals surface area contributed by atoms with Crippen molar-refractivity contribution in [3.05, 3.63) is 12.7 Å². The Kier molecular flexibility index (Phi) is 4.84. The van der Waals surface area contributed by atoms with E-state index in [1.54, 1.807) is 0 Å². The second kappa shape index (κ2) is 4.83. The molecule has 0 heterocycles. The minimum absolute atomic E-state index is 0.0307. The summed E-state index contributed by atoms with van der Waals surface area (Å²) in [6.45, 7) is 3.29. The first kappa shape index (κ1) is 11.0. The number of nitrogens with one attached hydrogen (secondary N) is 1. The first-order valence-corrected chi connectivity index (χ1v) is 5.43. The number of rotatable bonds is 5. The summed E-state index contributed by atoms with van der Waals surface area (Å²) in [5.74, 6) is 0. The molecule has 0 saturated carbocycles. The van der Waals surface area contributed by atoms with Crippen LogP contribution in [0.5, 0.6) is 0 Å². The Morgan fingerprint density at radius 1 is 1.82 bits per heavy atom. The predicted molar refractivity (Wildman–Crippen MR) is 40.3 cm³/mol. The van der Waals surface area contributed by atoms with Crippen LogP contribution in [0, 0.1) is 0 Å². The summed E-state index contributed by atoms with van der Waals surface area (Å²) in [7, 11) is -7.49. The molecule has 2 atom stereocenters. The topological polar surface area (TPSA) is 95.9 Å². The Balaban J connectivity index is 3.90. The molecule has 0 aromatic rings. The highest BCUT2D eigenvalue weighted by Gasteiger charge is 2.19. The third-order valence-corrected chi connectivity index (χ3v) is 2.83. The van der Waals surface area contributed by atoms with Crippen molar-refractivity contribution in [2.75, 3.05) is 6.54 Å². The van der Waals surface area contributed by atoms with Crippen molar-refractivity contribution in [2.24, 2.45) is 0 Å². The molecule has 0 radical (unpaired) electrons. The van der Waals surface area contributed by atoms with Crippen LogP contribution in [0.4, 0.5) is 0 Å². The molecule has 0 aliphatic carbocycles. The SMILES string of the molecule is C=CCNP(=O)(O)O[PH](=O)O. The molecule has 0 aliphatic rings. The van der Waals surface area contributed by atoms with E-state index < -0.39 is 16.0 Å². The molecule has 11 heavy (non-hydrogen) atoms. The average molecular weight is 201 g/mol. The Morgan fingerprint density at radius 3 is 2.73 bits per heavy atom. The summed E-state index contributed by atoms with van der Waals surface area (Å²) in [5.41, 5.74) is 0. The van der Waals surface area contributed by atoms with Crippen molar-refractivity contribution in [1.29, 1.82) is 0 Å². The maximum atomic E-state index is 10.6. The molecule has 0 aromatic carbocycles. The van der Waals surface area contributed by atoms with Crippen LogP contribution in [0.2, 0.25) is 0 Å². The Hall–Kier alpha value is 0.0400. The van der Waals surface area contributed by atoms with Gasteiger partial charge < -0.3 is 9.79 Å². The van der Waals surface area contributed by atoms with Crippen LogP contribution in [-0.4, -0.2) is 16.3 Å². The lowest BCUT2D eigenvalue weighted by Gasteiger charge is -2.08. The molecule has 2 unspecified atom stereocenters. The van der Waals surface area contributed by atoms with Gasteiger partial charge in [-0.3, -0.25) is 4.57 Å². The van der Waals surface area contributed by atoms with Crippen LogP contribution < -0.4 is 5.09 Å². The van der Waals surface area contributed by atoms with Gasteiger partial charge >= 0.3 is 16.0 Å². The molecule has 0 saturated heterocycles. The molecule has 8 heteroatoms. The van der Waals surface area contributed by atoms with Gasteiger partial charge in [0.15, 0.2) is 0 Å². The largest absolute Gasteiger partial charge is 0.410 e. The highest BCUT2D eigenvalue weighted by molar-refractivity contribution is 7.58. The fourth-order valence-corrected chi connectivity index (χ4v) is 1.78. The van der Waals surface area contributed by atoms with Crippen LogP contribution in [0.15, 0.2) is 12.7 Å². The van der Waals surface area contributed by atoms with Gasteiger partial charge in [-0.2, -0.15) is 0 Å². The molecular weight excluding hydrogens is 192 g/mol. The molecule has 0 rings (SSSR count). The maximum absolute atomic E-state index is 10.6. The van der Waals surface area contributed by atoms with Crippen molar-refractivity contribution in [1.82, 2.24) is 5.09 Å². The van der Waals surface area contributed by atoms with Gasteiger partial charge in [0, 0.05) is 6.54 Å². The van der Waals surface area contributed by atoms with Gasteiger partial charge in [0.25, 0.3) is 0 Å². The van der Waals surface area contributed by atoms with E-state index in [9.17, 15) is 9.13 Å². The Bertz CT molecular complexity index is 204. The quantitative estimate of drug-likeness (QED) is 0.436.